The van der Waals surface area contributed by atoms with Crippen LogP contribution in [0.1, 0.15) is 42.7 Å². The molecular formula is C23H27FN6O3. The number of piperidine rings is 1. The summed E-state index contributed by atoms with van der Waals surface area (Å²) in [5.74, 6) is -0.0666. The van der Waals surface area contributed by atoms with E-state index in [9.17, 15) is 14.0 Å². The number of benzene rings is 1. The van der Waals surface area contributed by atoms with Gasteiger partial charge in [-0.2, -0.15) is 10.1 Å². The molecule has 0 spiro atoms. The molecule has 9 nitrogen and oxygen atoms in total. The molecule has 174 valence electrons. The molecule has 1 aliphatic heterocycles. The Balaban J connectivity index is 1.32. The third kappa shape index (κ3) is 6.10. The van der Waals surface area contributed by atoms with E-state index in [0.29, 0.717) is 17.8 Å². The van der Waals surface area contributed by atoms with Gasteiger partial charge in [0, 0.05) is 24.7 Å². The predicted octanol–water partition coefficient (Wildman–Crippen LogP) is 2.33. The van der Waals surface area contributed by atoms with E-state index in [1.165, 1.54) is 35.7 Å². The Kier molecular flexibility index (Phi) is 7.23. The molecule has 1 N–H and O–H groups in total. The number of carbonyl (C=O) groups is 1. The third-order valence-electron chi connectivity index (χ3n) is 5.64. The fraction of sp³-hybridized carbons (Fsp3) is 0.435. The van der Waals surface area contributed by atoms with Crippen molar-refractivity contribution in [3.8, 4) is 11.3 Å². The molecule has 1 unspecified atom stereocenters. The lowest BCUT2D eigenvalue weighted by Gasteiger charge is -2.30. The molecule has 1 aromatic carbocycles. The van der Waals surface area contributed by atoms with Crippen LogP contribution < -0.4 is 10.9 Å². The SMILES string of the molecule is CC1CCCN(CCCNC(=O)c2nc(Cn3nc(-c4ccc(F)cc4)ccc3=O)no2)C1. The van der Waals surface area contributed by atoms with Crippen LogP contribution in [0.3, 0.4) is 0 Å². The Hall–Kier alpha value is -3.40. The zero-order valence-corrected chi connectivity index (χ0v) is 18.5. The van der Waals surface area contributed by atoms with Crippen LogP contribution in [-0.2, 0) is 6.54 Å². The van der Waals surface area contributed by atoms with Crippen LogP contribution in [0.4, 0.5) is 4.39 Å². The van der Waals surface area contributed by atoms with Gasteiger partial charge < -0.3 is 14.7 Å². The second-order valence-electron chi connectivity index (χ2n) is 8.39. The van der Waals surface area contributed by atoms with Gasteiger partial charge in [-0.25, -0.2) is 9.07 Å². The minimum Gasteiger partial charge on any atom is -0.348 e. The van der Waals surface area contributed by atoms with E-state index >= 15 is 0 Å². The van der Waals surface area contributed by atoms with Crippen molar-refractivity contribution in [2.45, 2.75) is 32.7 Å². The largest absolute Gasteiger partial charge is 0.348 e. The number of carbonyl (C=O) groups excluding carboxylic acids is 1. The highest BCUT2D eigenvalue weighted by Crippen LogP contribution is 2.16. The first-order valence-corrected chi connectivity index (χ1v) is 11.1. The van der Waals surface area contributed by atoms with Crippen LogP contribution in [0.15, 0.2) is 45.7 Å². The molecule has 1 aliphatic rings. The molecule has 1 fully saturated rings. The standard InChI is InChI=1S/C23H27FN6O3/c1-16-4-2-12-29(14-16)13-3-11-25-22(32)23-26-20(28-33-23)15-30-21(31)10-9-19(27-30)17-5-7-18(24)8-6-17/h5-10,16H,2-4,11-15H2,1H3,(H,25,32). The van der Waals surface area contributed by atoms with Crippen molar-refractivity contribution in [2.24, 2.45) is 5.92 Å². The van der Waals surface area contributed by atoms with Gasteiger partial charge in [0.2, 0.25) is 0 Å². The number of likely N-dealkylation sites (tertiary alicyclic amines) is 1. The van der Waals surface area contributed by atoms with E-state index in [4.69, 9.17) is 4.52 Å². The molecule has 1 amide bonds. The lowest BCUT2D eigenvalue weighted by Crippen LogP contribution is -2.36. The molecule has 4 rings (SSSR count). The van der Waals surface area contributed by atoms with Crippen molar-refractivity contribution in [1.29, 1.82) is 0 Å². The van der Waals surface area contributed by atoms with Crippen LogP contribution in [0, 0.1) is 11.7 Å². The van der Waals surface area contributed by atoms with Gasteiger partial charge in [0.25, 0.3) is 5.56 Å². The topological polar surface area (TPSA) is 106 Å². The van der Waals surface area contributed by atoms with Gasteiger partial charge >= 0.3 is 11.8 Å². The Bertz CT molecular complexity index is 1140. The van der Waals surface area contributed by atoms with Crippen LogP contribution >= 0.6 is 0 Å². The molecule has 3 aromatic rings. The van der Waals surface area contributed by atoms with Crippen LogP contribution in [0.2, 0.25) is 0 Å². The van der Waals surface area contributed by atoms with Gasteiger partial charge in [0.15, 0.2) is 5.82 Å². The zero-order chi connectivity index (χ0) is 23.2. The molecule has 0 radical (unpaired) electrons. The Morgan fingerprint density at radius 2 is 2.06 bits per heavy atom. The fourth-order valence-electron chi connectivity index (χ4n) is 3.95. The molecule has 10 heteroatoms. The predicted molar refractivity (Wildman–Crippen MR) is 119 cm³/mol. The maximum absolute atomic E-state index is 13.2. The number of aromatic nitrogens is 4. The number of halogens is 1. The highest BCUT2D eigenvalue weighted by atomic mass is 19.1. The van der Waals surface area contributed by atoms with Crippen molar-refractivity contribution >= 4 is 5.91 Å². The average Bonchev–Trinajstić information content (AvgIpc) is 3.27. The maximum Gasteiger partial charge on any atom is 0.316 e. The quantitative estimate of drug-likeness (QED) is 0.521. The number of rotatable bonds is 8. The van der Waals surface area contributed by atoms with Gasteiger partial charge in [-0.3, -0.25) is 9.59 Å². The van der Waals surface area contributed by atoms with Gasteiger partial charge in [-0.05, 0) is 68.6 Å². The lowest BCUT2D eigenvalue weighted by molar-refractivity contribution is 0.0906. The lowest BCUT2D eigenvalue weighted by atomic mass is 10.0. The third-order valence-corrected chi connectivity index (χ3v) is 5.64. The van der Waals surface area contributed by atoms with Gasteiger partial charge in [-0.1, -0.05) is 12.1 Å². The number of hydrogen-bond acceptors (Lipinski definition) is 7. The van der Waals surface area contributed by atoms with E-state index in [1.54, 1.807) is 18.2 Å². The molecule has 1 saturated heterocycles. The van der Waals surface area contributed by atoms with Crippen LogP contribution in [0.5, 0.6) is 0 Å². The monoisotopic (exact) mass is 454 g/mol. The molecule has 1 atom stereocenters. The molecule has 0 bridgehead atoms. The normalized spacial score (nSPS) is 16.6. The first kappa shape index (κ1) is 22.8. The Morgan fingerprint density at radius 1 is 1.24 bits per heavy atom. The fourth-order valence-corrected chi connectivity index (χ4v) is 3.95. The molecule has 3 heterocycles. The van der Waals surface area contributed by atoms with E-state index in [1.807, 2.05) is 0 Å². The average molecular weight is 455 g/mol. The maximum atomic E-state index is 13.2. The first-order chi connectivity index (χ1) is 16.0. The Morgan fingerprint density at radius 3 is 2.85 bits per heavy atom. The smallest absolute Gasteiger partial charge is 0.316 e. The van der Waals surface area contributed by atoms with Crippen molar-refractivity contribution in [3.05, 3.63) is 64.3 Å². The summed E-state index contributed by atoms with van der Waals surface area (Å²) in [5.41, 5.74) is 0.806. The van der Waals surface area contributed by atoms with Gasteiger partial charge in [0.05, 0.1) is 5.69 Å². The van der Waals surface area contributed by atoms with Gasteiger partial charge in [-0.15, -0.1) is 0 Å². The number of hydrogen-bond donors (Lipinski definition) is 1. The van der Waals surface area contributed by atoms with E-state index in [-0.39, 0.29) is 29.6 Å². The van der Waals surface area contributed by atoms with Crippen LogP contribution in [0.25, 0.3) is 11.3 Å². The number of nitrogens with zero attached hydrogens (tertiary/aromatic N) is 5. The van der Waals surface area contributed by atoms with Gasteiger partial charge in [0.1, 0.15) is 12.4 Å². The highest BCUT2D eigenvalue weighted by Gasteiger charge is 2.18. The zero-order valence-electron chi connectivity index (χ0n) is 18.5. The first-order valence-electron chi connectivity index (χ1n) is 11.1. The second kappa shape index (κ2) is 10.5. The minimum atomic E-state index is -0.443. The summed E-state index contributed by atoms with van der Waals surface area (Å²) in [5, 5.41) is 10.9. The molecule has 2 aromatic heterocycles. The minimum absolute atomic E-state index is 0.0577. The molecule has 0 saturated carbocycles. The number of nitrogens with one attached hydrogen (secondary N) is 1. The van der Waals surface area contributed by atoms with Crippen molar-refractivity contribution in [2.75, 3.05) is 26.2 Å². The van der Waals surface area contributed by atoms with Crippen LogP contribution in [-0.4, -0.2) is 56.9 Å². The summed E-state index contributed by atoms with van der Waals surface area (Å²) in [6, 6.07) is 8.73. The summed E-state index contributed by atoms with van der Waals surface area (Å²) in [7, 11) is 0. The summed E-state index contributed by atoms with van der Waals surface area (Å²) >= 11 is 0. The molecule has 33 heavy (non-hydrogen) atoms. The summed E-state index contributed by atoms with van der Waals surface area (Å²) < 4.78 is 19.4. The molecule has 0 aliphatic carbocycles. The molecular weight excluding hydrogens is 427 g/mol. The number of amides is 1. The van der Waals surface area contributed by atoms with Crippen molar-refractivity contribution in [1.82, 2.24) is 30.1 Å². The van der Waals surface area contributed by atoms with E-state index in [2.05, 4.69) is 32.4 Å². The Labute approximate surface area is 190 Å². The van der Waals surface area contributed by atoms with E-state index < -0.39 is 5.91 Å². The van der Waals surface area contributed by atoms with E-state index in [0.717, 1.165) is 32.0 Å². The summed E-state index contributed by atoms with van der Waals surface area (Å²) in [4.78, 5) is 31.0. The summed E-state index contributed by atoms with van der Waals surface area (Å²) in [6.45, 7) is 5.89. The highest BCUT2D eigenvalue weighted by molar-refractivity contribution is 5.89. The summed E-state index contributed by atoms with van der Waals surface area (Å²) in [6.07, 6.45) is 3.35. The van der Waals surface area contributed by atoms with Crippen molar-refractivity contribution < 1.29 is 13.7 Å². The second-order valence-corrected chi connectivity index (χ2v) is 8.39. The van der Waals surface area contributed by atoms with Crippen molar-refractivity contribution in [3.63, 3.8) is 0 Å².